The maximum atomic E-state index is 5.67. The molecule has 0 unspecified atom stereocenters. The van der Waals surface area contributed by atoms with Gasteiger partial charge in [0.05, 0.1) is 19.4 Å². The fourth-order valence-electron chi connectivity index (χ4n) is 1.90. The number of methoxy groups -OCH3 is 1. The lowest BCUT2D eigenvalue weighted by Gasteiger charge is -2.24. The molecule has 116 valence electrons. The van der Waals surface area contributed by atoms with Crippen molar-refractivity contribution in [2.24, 2.45) is 0 Å². The van der Waals surface area contributed by atoms with Crippen LogP contribution in [0.25, 0.3) is 0 Å². The Bertz CT molecular complexity index is 380. The number of rotatable bonds is 8. The number of nitrogens with one attached hydrogen (secondary N) is 1. The summed E-state index contributed by atoms with van der Waals surface area (Å²) in [6.07, 6.45) is 1.85. The average Bonchev–Trinajstić information content (AvgIpc) is 2.78. The standard InChI is InChI=1S/C16H30N2O2/c1-13(2)18(7-8-19-6)11-15-9-14(12-20-15)10-17-16(3,4)5/h9,12-13,17H,7-8,10-11H2,1-6H3. The predicted octanol–water partition coefficient (Wildman–Crippen LogP) is 3.02. The lowest BCUT2D eigenvalue weighted by atomic mass is 10.1. The molecule has 1 aromatic rings. The van der Waals surface area contributed by atoms with Crippen LogP contribution < -0.4 is 5.32 Å². The second kappa shape index (κ2) is 7.81. The molecule has 1 N–H and O–H groups in total. The molecule has 0 saturated carbocycles. The van der Waals surface area contributed by atoms with Crippen LogP contribution in [0.15, 0.2) is 16.7 Å². The first-order valence-corrected chi connectivity index (χ1v) is 7.36. The average molecular weight is 282 g/mol. The van der Waals surface area contributed by atoms with Crippen LogP contribution >= 0.6 is 0 Å². The van der Waals surface area contributed by atoms with Gasteiger partial charge in [-0.05, 0) is 40.7 Å². The van der Waals surface area contributed by atoms with Crippen LogP contribution in [-0.2, 0) is 17.8 Å². The highest BCUT2D eigenvalue weighted by molar-refractivity contribution is 5.13. The Labute approximate surface area is 123 Å². The first kappa shape index (κ1) is 17.2. The van der Waals surface area contributed by atoms with Gasteiger partial charge in [-0.2, -0.15) is 0 Å². The molecule has 1 heterocycles. The lowest BCUT2D eigenvalue weighted by Crippen LogP contribution is -2.35. The van der Waals surface area contributed by atoms with Crippen molar-refractivity contribution in [1.29, 1.82) is 0 Å². The second-order valence-corrected chi connectivity index (χ2v) is 6.58. The summed E-state index contributed by atoms with van der Waals surface area (Å²) < 4.78 is 10.8. The zero-order valence-corrected chi connectivity index (χ0v) is 13.8. The molecule has 0 aliphatic rings. The summed E-state index contributed by atoms with van der Waals surface area (Å²) in [5.41, 5.74) is 1.32. The molecule has 20 heavy (non-hydrogen) atoms. The van der Waals surface area contributed by atoms with E-state index in [1.54, 1.807) is 7.11 Å². The summed E-state index contributed by atoms with van der Waals surface area (Å²) in [7, 11) is 1.74. The van der Waals surface area contributed by atoms with E-state index in [1.165, 1.54) is 5.56 Å². The van der Waals surface area contributed by atoms with E-state index in [9.17, 15) is 0 Å². The minimum absolute atomic E-state index is 0.125. The van der Waals surface area contributed by atoms with E-state index in [0.29, 0.717) is 6.04 Å². The fourth-order valence-corrected chi connectivity index (χ4v) is 1.90. The van der Waals surface area contributed by atoms with E-state index in [0.717, 1.165) is 32.0 Å². The van der Waals surface area contributed by atoms with Crippen LogP contribution in [-0.4, -0.2) is 36.7 Å². The minimum atomic E-state index is 0.125. The van der Waals surface area contributed by atoms with E-state index in [2.05, 4.69) is 50.9 Å². The van der Waals surface area contributed by atoms with Gasteiger partial charge in [-0.3, -0.25) is 4.90 Å². The molecule has 4 heteroatoms. The van der Waals surface area contributed by atoms with Crippen molar-refractivity contribution in [2.75, 3.05) is 20.3 Å². The molecule has 0 radical (unpaired) electrons. The molecular weight excluding hydrogens is 252 g/mol. The summed E-state index contributed by atoms with van der Waals surface area (Å²) in [6.45, 7) is 14.2. The van der Waals surface area contributed by atoms with Crippen molar-refractivity contribution in [3.05, 3.63) is 23.7 Å². The van der Waals surface area contributed by atoms with E-state index in [1.807, 2.05) is 6.26 Å². The smallest absolute Gasteiger partial charge is 0.118 e. The Morgan fingerprint density at radius 1 is 1.35 bits per heavy atom. The summed E-state index contributed by atoms with van der Waals surface area (Å²) >= 11 is 0. The summed E-state index contributed by atoms with van der Waals surface area (Å²) in [6, 6.07) is 2.62. The van der Waals surface area contributed by atoms with E-state index >= 15 is 0 Å². The quantitative estimate of drug-likeness (QED) is 0.795. The third-order valence-electron chi connectivity index (χ3n) is 3.20. The molecule has 4 nitrogen and oxygen atoms in total. The van der Waals surface area contributed by atoms with Crippen molar-refractivity contribution >= 4 is 0 Å². The number of hydrogen-bond donors (Lipinski definition) is 1. The van der Waals surface area contributed by atoms with Gasteiger partial charge in [0.2, 0.25) is 0 Å². The maximum Gasteiger partial charge on any atom is 0.118 e. The fraction of sp³-hybridized carbons (Fsp3) is 0.750. The second-order valence-electron chi connectivity index (χ2n) is 6.58. The number of ether oxygens (including phenoxy) is 1. The highest BCUT2D eigenvalue weighted by Gasteiger charge is 2.13. The molecule has 0 fully saturated rings. The topological polar surface area (TPSA) is 37.6 Å². The molecule has 0 aromatic carbocycles. The van der Waals surface area contributed by atoms with E-state index in [-0.39, 0.29) is 5.54 Å². The Morgan fingerprint density at radius 2 is 2.05 bits per heavy atom. The number of furan rings is 1. The van der Waals surface area contributed by atoms with Gasteiger partial charge in [-0.15, -0.1) is 0 Å². The third kappa shape index (κ3) is 6.55. The highest BCUT2D eigenvalue weighted by atomic mass is 16.5. The van der Waals surface area contributed by atoms with Gasteiger partial charge in [-0.1, -0.05) is 0 Å². The molecule has 0 saturated heterocycles. The van der Waals surface area contributed by atoms with Crippen molar-refractivity contribution < 1.29 is 9.15 Å². The molecule has 0 amide bonds. The van der Waals surface area contributed by atoms with Gasteiger partial charge < -0.3 is 14.5 Å². The van der Waals surface area contributed by atoms with Crippen molar-refractivity contribution in [3.63, 3.8) is 0 Å². The Balaban J connectivity index is 2.53. The molecule has 0 spiro atoms. The summed E-state index contributed by atoms with van der Waals surface area (Å²) in [5, 5.41) is 3.47. The summed E-state index contributed by atoms with van der Waals surface area (Å²) in [5.74, 6) is 1.01. The number of hydrogen-bond acceptors (Lipinski definition) is 4. The first-order chi connectivity index (χ1) is 9.31. The largest absolute Gasteiger partial charge is 0.468 e. The van der Waals surface area contributed by atoms with Crippen LogP contribution in [0.3, 0.4) is 0 Å². The van der Waals surface area contributed by atoms with Crippen LogP contribution in [0, 0.1) is 0 Å². The minimum Gasteiger partial charge on any atom is -0.468 e. The zero-order chi connectivity index (χ0) is 15.2. The molecular formula is C16H30N2O2. The van der Waals surface area contributed by atoms with Crippen LogP contribution in [0.4, 0.5) is 0 Å². The van der Waals surface area contributed by atoms with Crippen molar-refractivity contribution in [3.8, 4) is 0 Å². The van der Waals surface area contributed by atoms with E-state index in [4.69, 9.17) is 9.15 Å². The molecule has 1 aromatic heterocycles. The Morgan fingerprint density at radius 3 is 2.60 bits per heavy atom. The van der Waals surface area contributed by atoms with Gasteiger partial charge in [0.15, 0.2) is 0 Å². The van der Waals surface area contributed by atoms with Crippen molar-refractivity contribution in [2.45, 2.75) is 59.3 Å². The van der Waals surface area contributed by atoms with Gasteiger partial charge >= 0.3 is 0 Å². The molecule has 0 aliphatic carbocycles. The van der Waals surface area contributed by atoms with Crippen molar-refractivity contribution in [1.82, 2.24) is 10.2 Å². The molecule has 1 rings (SSSR count). The van der Waals surface area contributed by atoms with Gasteiger partial charge in [0, 0.05) is 37.3 Å². The zero-order valence-electron chi connectivity index (χ0n) is 13.8. The SMILES string of the molecule is COCCN(Cc1cc(CNC(C)(C)C)co1)C(C)C. The molecule has 0 bridgehead atoms. The predicted molar refractivity (Wildman–Crippen MR) is 82.7 cm³/mol. The summed E-state index contributed by atoms with van der Waals surface area (Å²) in [4.78, 5) is 2.35. The lowest BCUT2D eigenvalue weighted by molar-refractivity contribution is 0.119. The van der Waals surface area contributed by atoms with E-state index < -0.39 is 0 Å². The monoisotopic (exact) mass is 282 g/mol. The molecule has 0 aliphatic heterocycles. The maximum absolute atomic E-state index is 5.67. The van der Waals surface area contributed by atoms with Gasteiger partial charge in [0.25, 0.3) is 0 Å². The highest BCUT2D eigenvalue weighted by Crippen LogP contribution is 2.13. The first-order valence-electron chi connectivity index (χ1n) is 7.36. The third-order valence-corrected chi connectivity index (χ3v) is 3.20. The Hall–Kier alpha value is -0.840. The molecule has 0 atom stereocenters. The Kier molecular flexibility index (Phi) is 6.72. The van der Waals surface area contributed by atoms with Crippen LogP contribution in [0.2, 0.25) is 0 Å². The van der Waals surface area contributed by atoms with Gasteiger partial charge in [0.1, 0.15) is 5.76 Å². The normalized spacial score (nSPS) is 12.6. The van der Waals surface area contributed by atoms with Crippen LogP contribution in [0.5, 0.6) is 0 Å². The van der Waals surface area contributed by atoms with Gasteiger partial charge in [-0.25, -0.2) is 0 Å². The van der Waals surface area contributed by atoms with Crippen LogP contribution in [0.1, 0.15) is 45.9 Å². The number of nitrogens with zero attached hydrogens (tertiary/aromatic N) is 1.